The highest BCUT2D eigenvalue weighted by molar-refractivity contribution is 6.09. The van der Waals surface area contributed by atoms with Crippen LogP contribution in [0.1, 0.15) is 39.2 Å². The number of hydrogen-bond acceptors (Lipinski definition) is 1. The van der Waals surface area contributed by atoms with E-state index < -0.39 is 0 Å². The van der Waals surface area contributed by atoms with Gasteiger partial charge in [-0.3, -0.25) is 4.79 Å². The minimum atomic E-state index is 0.120. The first-order valence-corrected chi connectivity index (χ1v) is 8.14. The molecule has 3 aromatic rings. The Morgan fingerprint density at radius 1 is 0.957 bits per heavy atom. The Labute approximate surface area is 136 Å². The maximum atomic E-state index is 13.1. The van der Waals surface area contributed by atoms with Crippen LogP contribution in [0.25, 0.3) is 5.69 Å². The van der Waals surface area contributed by atoms with E-state index in [1.807, 2.05) is 30.3 Å². The minimum Gasteiger partial charge on any atom is -0.313 e. The van der Waals surface area contributed by atoms with Crippen LogP contribution >= 0.6 is 0 Å². The molecule has 2 heteroatoms. The van der Waals surface area contributed by atoms with Crippen molar-refractivity contribution in [1.29, 1.82) is 0 Å². The highest BCUT2D eigenvalue weighted by Crippen LogP contribution is 2.31. The molecule has 1 heterocycles. The van der Waals surface area contributed by atoms with E-state index in [4.69, 9.17) is 0 Å². The molecule has 1 aliphatic carbocycles. The van der Waals surface area contributed by atoms with Crippen molar-refractivity contribution in [3.8, 4) is 5.69 Å². The van der Waals surface area contributed by atoms with Crippen molar-refractivity contribution in [3.63, 3.8) is 0 Å². The summed E-state index contributed by atoms with van der Waals surface area (Å²) in [5.41, 5.74) is 6.44. The second-order valence-electron chi connectivity index (χ2n) is 6.24. The SMILES string of the molecule is Cc1ccc(-n2cc3c(c2C(=O)c2ccccc2)CCC3)cc1. The fraction of sp³-hybridized carbons (Fsp3) is 0.190. The molecular formula is C21H19NO. The number of ketones is 1. The molecule has 0 amide bonds. The Balaban J connectivity index is 1.88. The van der Waals surface area contributed by atoms with Crippen LogP contribution in [0.5, 0.6) is 0 Å². The third-order valence-electron chi connectivity index (χ3n) is 4.64. The number of hydrogen-bond donors (Lipinski definition) is 0. The van der Waals surface area contributed by atoms with Crippen LogP contribution in [-0.2, 0) is 12.8 Å². The molecule has 0 fully saturated rings. The van der Waals surface area contributed by atoms with Gasteiger partial charge in [0.05, 0.1) is 5.69 Å². The van der Waals surface area contributed by atoms with E-state index in [0.717, 1.165) is 36.2 Å². The topological polar surface area (TPSA) is 22.0 Å². The van der Waals surface area contributed by atoms with Crippen LogP contribution in [0.3, 0.4) is 0 Å². The van der Waals surface area contributed by atoms with E-state index in [1.165, 1.54) is 16.7 Å². The van der Waals surface area contributed by atoms with Gasteiger partial charge in [-0.15, -0.1) is 0 Å². The maximum absolute atomic E-state index is 13.1. The molecule has 0 spiro atoms. The molecule has 0 N–H and O–H groups in total. The van der Waals surface area contributed by atoms with Gasteiger partial charge in [-0.05, 0) is 49.4 Å². The van der Waals surface area contributed by atoms with Gasteiger partial charge in [0.1, 0.15) is 0 Å². The van der Waals surface area contributed by atoms with E-state index in [-0.39, 0.29) is 5.78 Å². The first-order valence-electron chi connectivity index (χ1n) is 8.14. The van der Waals surface area contributed by atoms with E-state index in [1.54, 1.807) is 0 Å². The normalized spacial score (nSPS) is 13.1. The fourth-order valence-electron chi connectivity index (χ4n) is 3.43. The van der Waals surface area contributed by atoms with Crippen LogP contribution in [0.15, 0.2) is 60.8 Å². The number of aryl methyl sites for hydroxylation is 2. The smallest absolute Gasteiger partial charge is 0.210 e. The molecular weight excluding hydrogens is 282 g/mol. The largest absolute Gasteiger partial charge is 0.313 e. The summed E-state index contributed by atoms with van der Waals surface area (Å²) in [7, 11) is 0. The first-order chi connectivity index (χ1) is 11.2. The number of carbonyl (C=O) groups excluding carboxylic acids is 1. The number of nitrogens with zero attached hydrogens (tertiary/aromatic N) is 1. The summed E-state index contributed by atoms with van der Waals surface area (Å²) in [6, 6.07) is 18.0. The molecule has 0 unspecified atom stereocenters. The molecule has 23 heavy (non-hydrogen) atoms. The molecule has 114 valence electrons. The molecule has 0 aliphatic heterocycles. The van der Waals surface area contributed by atoms with Crippen molar-refractivity contribution < 1.29 is 4.79 Å². The quantitative estimate of drug-likeness (QED) is 0.653. The van der Waals surface area contributed by atoms with Crippen LogP contribution < -0.4 is 0 Å². The number of fused-ring (bicyclic) bond motifs is 1. The van der Waals surface area contributed by atoms with E-state index in [0.29, 0.717) is 0 Å². The van der Waals surface area contributed by atoms with E-state index in [9.17, 15) is 4.79 Å². The number of carbonyl (C=O) groups is 1. The summed E-state index contributed by atoms with van der Waals surface area (Å²) in [6.45, 7) is 2.08. The molecule has 4 rings (SSSR count). The predicted molar refractivity (Wildman–Crippen MR) is 92.4 cm³/mol. The summed E-state index contributed by atoms with van der Waals surface area (Å²) in [5, 5.41) is 0. The van der Waals surface area contributed by atoms with E-state index >= 15 is 0 Å². The summed E-state index contributed by atoms with van der Waals surface area (Å²) >= 11 is 0. The molecule has 0 bridgehead atoms. The van der Waals surface area contributed by atoms with Crippen molar-refractivity contribution in [1.82, 2.24) is 4.57 Å². The lowest BCUT2D eigenvalue weighted by molar-refractivity contribution is 0.103. The predicted octanol–water partition coefficient (Wildman–Crippen LogP) is 4.51. The van der Waals surface area contributed by atoms with Gasteiger partial charge in [0, 0.05) is 17.4 Å². The zero-order valence-electron chi connectivity index (χ0n) is 13.3. The standard InChI is InChI=1S/C21H19NO/c1-15-10-12-18(13-11-15)22-14-17-8-5-9-19(17)20(22)21(23)16-6-3-2-4-7-16/h2-4,6-7,10-14H,5,8-9H2,1H3. The second-order valence-corrected chi connectivity index (χ2v) is 6.24. The average molecular weight is 301 g/mol. The van der Waals surface area contributed by atoms with Gasteiger partial charge in [0.2, 0.25) is 5.78 Å². The maximum Gasteiger partial charge on any atom is 0.210 e. The summed E-state index contributed by atoms with van der Waals surface area (Å²) < 4.78 is 2.08. The van der Waals surface area contributed by atoms with E-state index in [2.05, 4.69) is 42.0 Å². The van der Waals surface area contributed by atoms with Crippen LogP contribution in [0.4, 0.5) is 0 Å². The van der Waals surface area contributed by atoms with Crippen LogP contribution in [0.2, 0.25) is 0 Å². The zero-order valence-corrected chi connectivity index (χ0v) is 13.3. The molecule has 1 aromatic heterocycles. The van der Waals surface area contributed by atoms with Crippen molar-refractivity contribution in [3.05, 3.63) is 88.7 Å². The Hall–Kier alpha value is -2.61. The van der Waals surface area contributed by atoms with Gasteiger partial charge in [-0.25, -0.2) is 0 Å². The summed E-state index contributed by atoms with van der Waals surface area (Å²) in [4.78, 5) is 13.1. The van der Waals surface area contributed by atoms with Crippen LogP contribution in [0, 0.1) is 6.92 Å². The summed E-state index contributed by atoms with van der Waals surface area (Å²) in [5.74, 6) is 0.120. The van der Waals surface area contributed by atoms with Gasteiger partial charge in [0.25, 0.3) is 0 Å². The number of aromatic nitrogens is 1. The first kappa shape index (κ1) is 14.0. The minimum absolute atomic E-state index is 0.120. The molecule has 0 atom stereocenters. The fourth-order valence-corrected chi connectivity index (χ4v) is 3.43. The monoisotopic (exact) mass is 301 g/mol. The molecule has 2 aromatic carbocycles. The number of rotatable bonds is 3. The van der Waals surface area contributed by atoms with Gasteiger partial charge in [-0.1, -0.05) is 48.0 Å². The zero-order chi connectivity index (χ0) is 15.8. The van der Waals surface area contributed by atoms with Crippen molar-refractivity contribution in [2.24, 2.45) is 0 Å². The van der Waals surface area contributed by atoms with Crippen molar-refractivity contribution in [2.75, 3.05) is 0 Å². The highest BCUT2D eigenvalue weighted by atomic mass is 16.1. The lowest BCUT2D eigenvalue weighted by atomic mass is 10.0. The lowest BCUT2D eigenvalue weighted by Gasteiger charge is -2.11. The molecule has 2 nitrogen and oxygen atoms in total. The Bertz CT molecular complexity index is 857. The van der Waals surface area contributed by atoms with Crippen LogP contribution in [-0.4, -0.2) is 10.4 Å². The van der Waals surface area contributed by atoms with Crippen molar-refractivity contribution >= 4 is 5.78 Å². The summed E-state index contributed by atoms with van der Waals surface area (Å²) in [6.07, 6.45) is 5.38. The average Bonchev–Trinajstić information content (AvgIpc) is 3.16. The third kappa shape index (κ3) is 2.40. The van der Waals surface area contributed by atoms with Gasteiger partial charge in [-0.2, -0.15) is 0 Å². The van der Waals surface area contributed by atoms with Gasteiger partial charge >= 0.3 is 0 Å². The Kier molecular flexibility index (Phi) is 3.38. The second kappa shape index (κ2) is 5.54. The number of benzene rings is 2. The Morgan fingerprint density at radius 3 is 2.43 bits per heavy atom. The van der Waals surface area contributed by atoms with Gasteiger partial charge in [0.15, 0.2) is 0 Å². The molecule has 0 radical (unpaired) electrons. The molecule has 0 saturated carbocycles. The highest BCUT2D eigenvalue weighted by Gasteiger charge is 2.26. The molecule has 0 saturated heterocycles. The Morgan fingerprint density at radius 2 is 1.70 bits per heavy atom. The lowest BCUT2D eigenvalue weighted by Crippen LogP contribution is -2.10. The third-order valence-corrected chi connectivity index (χ3v) is 4.64. The molecule has 1 aliphatic rings. The van der Waals surface area contributed by atoms with Gasteiger partial charge < -0.3 is 4.57 Å². The van der Waals surface area contributed by atoms with Crippen molar-refractivity contribution in [2.45, 2.75) is 26.2 Å².